The Morgan fingerprint density at radius 3 is 2.27 bits per heavy atom. The number of hydrogen-bond acceptors (Lipinski definition) is 9. The first-order valence-corrected chi connectivity index (χ1v) is 15.4. The number of aryl methyl sites for hydroxylation is 1. The van der Waals surface area contributed by atoms with E-state index in [4.69, 9.17) is 25.4 Å². The molecule has 0 amide bonds. The van der Waals surface area contributed by atoms with E-state index in [1.165, 1.54) is 11.4 Å². The highest BCUT2D eigenvalue weighted by molar-refractivity contribution is 8.67. The van der Waals surface area contributed by atoms with Crippen molar-refractivity contribution in [3.8, 4) is 0 Å². The topological polar surface area (TPSA) is 66.4 Å². The normalized spacial score (nSPS) is 27.2. The van der Waals surface area contributed by atoms with Crippen LogP contribution in [0.3, 0.4) is 0 Å². The number of rotatable bonds is 4. The SMILES string of the molecule is Cc1nc(SP2CCC(C)(C)CO2)nc(SP2(=S)OCC(C)(C)CO2)n1. The van der Waals surface area contributed by atoms with E-state index >= 15 is 0 Å². The maximum Gasteiger partial charge on any atom is 0.255 e. The van der Waals surface area contributed by atoms with Gasteiger partial charge in [-0.25, -0.2) is 9.97 Å². The Bertz CT molecular complexity index is 697. The summed E-state index contributed by atoms with van der Waals surface area (Å²) in [5.41, 5.74) is -2.20. The zero-order valence-electron chi connectivity index (χ0n) is 15.7. The van der Waals surface area contributed by atoms with E-state index in [1.807, 2.05) is 6.92 Å². The largest absolute Gasteiger partial charge is 0.347 e. The molecule has 0 N–H and O–H groups in total. The minimum absolute atomic E-state index is 0.00634. The van der Waals surface area contributed by atoms with Gasteiger partial charge in [-0.3, -0.25) is 0 Å². The number of aromatic nitrogens is 3. The molecule has 6 nitrogen and oxygen atoms in total. The molecule has 3 heterocycles. The summed E-state index contributed by atoms with van der Waals surface area (Å²) in [7, 11) is -0.601. The van der Waals surface area contributed by atoms with Crippen molar-refractivity contribution in [2.45, 2.75) is 51.4 Å². The second-order valence-corrected chi connectivity index (χ2v) is 17.8. The summed E-state index contributed by atoms with van der Waals surface area (Å²) in [5.74, 6) is 0.677. The maximum absolute atomic E-state index is 6.03. The van der Waals surface area contributed by atoms with Crippen molar-refractivity contribution in [2.75, 3.05) is 26.0 Å². The lowest BCUT2D eigenvalue weighted by atomic mass is 9.92. The van der Waals surface area contributed by atoms with Gasteiger partial charge in [0.15, 0.2) is 5.16 Å². The standard InChI is InChI=1S/C15H25N3O3P2S3/c1-11-16-12(25-22-7-6-14(2,3)8-19-22)18-13(17-11)26-23(24)20-9-15(4,5)10-21-23/h6-10H2,1-5H3. The van der Waals surface area contributed by atoms with Gasteiger partial charge >= 0.3 is 0 Å². The van der Waals surface area contributed by atoms with Gasteiger partial charge in [-0.05, 0) is 41.9 Å². The molecule has 2 fully saturated rings. The monoisotopic (exact) mass is 453 g/mol. The molecular formula is C15H25N3O3P2S3. The van der Waals surface area contributed by atoms with Gasteiger partial charge in [0.2, 0.25) is 5.16 Å². The van der Waals surface area contributed by atoms with Crippen molar-refractivity contribution in [1.82, 2.24) is 15.0 Å². The average Bonchev–Trinajstić information content (AvgIpc) is 2.52. The molecule has 1 unspecified atom stereocenters. The van der Waals surface area contributed by atoms with E-state index in [1.54, 1.807) is 11.4 Å². The first-order valence-electron chi connectivity index (χ1n) is 8.44. The third-order valence-corrected chi connectivity index (χ3v) is 12.0. The lowest BCUT2D eigenvalue weighted by Gasteiger charge is -2.35. The highest BCUT2D eigenvalue weighted by Crippen LogP contribution is 2.66. The first kappa shape index (κ1) is 21.4. The number of nitrogens with zero attached hydrogens (tertiary/aromatic N) is 3. The molecular weight excluding hydrogens is 428 g/mol. The van der Waals surface area contributed by atoms with Gasteiger partial charge in [0.05, 0.1) is 27.2 Å². The Kier molecular flexibility index (Phi) is 6.74. The molecule has 0 radical (unpaired) electrons. The third-order valence-electron chi connectivity index (χ3n) is 3.88. The molecule has 2 aliphatic heterocycles. The molecule has 0 aliphatic carbocycles. The van der Waals surface area contributed by atoms with Crippen LogP contribution in [-0.2, 0) is 25.4 Å². The lowest BCUT2D eigenvalue weighted by molar-refractivity contribution is 0.0671. The summed E-state index contributed by atoms with van der Waals surface area (Å²) in [4.78, 5) is 13.5. The fraction of sp³-hybridized carbons (Fsp3) is 0.800. The Hall–Kier alpha value is 0.670. The number of hydrogen-bond donors (Lipinski definition) is 0. The summed E-state index contributed by atoms with van der Waals surface area (Å²) >= 11 is 8.56. The highest BCUT2D eigenvalue weighted by atomic mass is 32.9. The Morgan fingerprint density at radius 2 is 1.65 bits per heavy atom. The minimum atomic E-state index is -2.45. The fourth-order valence-corrected chi connectivity index (χ4v) is 10.0. The van der Waals surface area contributed by atoms with E-state index in [-0.39, 0.29) is 10.8 Å². The van der Waals surface area contributed by atoms with Gasteiger partial charge in [-0.1, -0.05) is 27.7 Å². The molecule has 1 atom stereocenters. The summed E-state index contributed by atoms with van der Waals surface area (Å²) < 4.78 is 17.8. The maximum atomic E-state index is 6.03. The van der Waals surface area contributed by atoms with Gasteiger partial charge in [0.1, 0.15) is 5.82 Å². The molecule has 0 bridgehead atoms. The molecule has 2 aliphatic rings. The molecule has 3 rings (SSSR count). The van der Waals surface area contributed by atoms with Crippen LogP contribution in [0.1, 0.15) is 39.9 Å². The van der Waals surface area contributed by atoms with Crippen molar-refractivity contribution in [3.05, 3.63) is 5.82 Å². The molecule has 2 saturated heterocycles. The predicted octanol–water partition coefficient (Wildman–Crippen LogP) is 5.42. The van der Waals surface area contributed by atoms with E-state index in [2.05, 4.69) is 42.6 Å². The zero-order valence-corrected chi connectivity index (χ0v) is 20.0. The van der Waals surface area contributed by atoms with Gasteiger partial charge in [-0.15, -0.1) is 0 Å². The second kappa shape index (κ2) is 8.19. The zero-order chi connectivity index (χ0) is 19.0. The predicted molar refractivity (Wildman–Crippen MR) is 112 cm³/mol. The molecule has 0 saturated carbocycles. The smallest absolute Gasteiger partial charge is 0.255 e. The van der Waals surface area contributed by atoms with Crippen molar-refractivity contribution in [1.29, 1.82) is 0 Å². The van der Waals surface area contributed by atoms with Crippen LogP contribution < -0.4 is 0 Å². The van der Waals surface area contributed by atoms with Crippen LogP contribution in [0.25, 0.3) is 0 Å². The van der Waals surface area contributed by atoms with E-state index in [9.17, 15) is 0 Å². The molecule has 0 aromatic carbocycles. The van der Waals surface area contributed by atoms with Crippen LogP contribution in [0.2, 0.25) is 0 Å². The van der Waals surface area contributed by atoms with Crippen LogP contribution in [0.4, 0.5) is 0 Å². The quantitative estimate of drug-likeness (QED) is 0.556. The third kappa shape index (κ3) is 6.08. The molecule has 26 heavy (non-hydrogen) atoms. The van der Waals surface area contributed by atoms with Gasteiger partial charge in [0, 0.05) is 23.0 Å². The molecule has 146 valence electrons. The van der Waals surface area contributed by atoms with Gasteiger partial charge in [-0.2, -0.15) is 4.98 Å². The summed E-state index contributed by atoms with van der Waals surface area (Å²) in [5, 5.41) is 1.28. The van der Waals surface area contributed by atoms with Crippen LogP contribution in [-0.4, -0.2) is 40.9 Å². The van der Waals surface area contributed by atoms with Crippen LogP contribution in [0.15, 0.2) is 10.3 Å². The first-order chi connectivity index (χ1) is 12.0. The Labute approximate surface area is 169 Å². The minimum Gasteiger partial charge on any atom is -0.347 e. The molecule has 0 spiro atoms. The summed E-state index contributed by atoms with van der Waals surface area (Å²) in [6.45, 7) is 12.5. The summed E-state index contributed by atoms with van der Waals surface area (Å²) in [6.07, 6.45) is 2.22. The van der Waals surface area contributed by atoms with Crippen LogP contribution >= 0.6 is 35.8 Å². The van der Waals surface area contributed by atoms with Gasteiger partial charge < -0.3 is 13.6 Å². The molecule has 11 heteroatoms. The van der Waals surface area contributed by atoms with Crippen molar-refractivity contribution in [2.24, 2.45) is 10.8 Å². The van der Waals surface area contributed by atoms with Crippen LogP contribution in [0, 0.1) is 17.8 Å². The van der Waals surface area contributed by atoms with Crippen molar-refractivity contribution in [3.63, 3.8) is 0 Å². The highest BCUT2D eigenvalue weighted by Gasteiger charge is 2.35. The summed E-state index contributed by atoms with van der Waals surface area (Å²) in [6, 6.07) is 0. The Balaban J connectivity index is 1.65. The lowest BCUT2D eigenvalue weighted by Crippen LogP contribution is -2.28. The average molecular weight is 454 g/mol. The molecule has 1 aromatic rings. The van der Waals surface area contributed by atoms with E-state index < -0.39 is 13.0 Å². The van der Waals surface area contributed by atoms with Crippen molar-refractivity contribution >= 4 is 47.6 Å². The van der Waals surface area contributed by atoms with Gasteiger partial charge in [0.25, 0.3) is 5.69 Å². The van der Waals surface area contributed by atoms with Crippen LogP contribution in [0.5, 0.6) is 0 Å². The Morgan fingerprint density at radius 1 is 1.00 bits per heavy atom. The van der Waals surface area contributed by atoms with E-state index in [0.29, 0.717) is 29.4 Å². The fourth-order valence-electron chi connectivity index (χ4n) is 2.20. The van der Waals surface area contributed by atoms with Crippen molar-refractivity contribution < 1.29 is 13.6 Å². The second-order valence-electron chi connectivity index (χ2n) is 8.03. The van der Waals surface area contributed by atoms with E-state index in [0.717, 1.165) is 19.2 Å². The molecule has 1 aromatic heterocycles.